The number of aromatic nitrogens is 2. The molecule has 0 aromatic carbocycles. The molecule has 1 N–H and O–H groups in total. The Morgan fingerprint density at radius 3 is 3.17 bits per heavy atom. The summed E-state index contributed by atoms with van der Waals surface area (Å²) in [6, 6.07) is 1.81. The summed E-state index contributed by atoms with van der Waals surface area (Å²) in [5.41, 5.74) is 0.937. The smallest absolute Gasteiger partial charge is 0.215 e. The molecule has 0 bridgehead atoms. The predicted molar refractivity (Wildman–Crippen MR) is 47.7 cm³/mol. The van der Waals surface area contributed by atoms with Gasteiger partial charge in [-0.05, 0) is 0 Å². The molecule has 0 atom stereocenters. The quantitative estimate of drug-likeness (QED) is 0.735. The lowest BCUT2D eigenvalue weighted by Gasteiger charge is -1.96. The van der Waals surface area contributed by atoms with E-state index in [2.05, 4.69) is 9.97 Å². The van der Waals surface area contributed by atoms with Crippen LogP contribution in [0.3, 0.4) is 0 Å². The summed E-state index contributed by atoms with van der Waals surface area (Å²) in [6.07, 6.45) is 3.42. The third-order valence-electron chi connectivity index (χ3n) is 1.70. The number of methoxy groups -OCH3 is 1. The van der Waals surface area contributed by atoms with Crippen molar-refractivity contribution < 1.29 is 4.74 Å². The lowest BCUT2D eigenvalue weighted by molar-refractivity contribution is 0.398. The summed E-state index contributed by atoms with van der Waals surface area (Å²) < 4.78 is 4.96. The molecule has 62 valence electrons. The number of ether oxygens (including phenoxy) is 1. The summed E-state index contributed by atoms with van der Waals surface area (Å²) in [4.78, 5) is 7.04. The number of aromatic amines is 1. The van der Waals surface area contributed by atoms with Crippen LogP contribution in [0.2, 0.25) is 5.02 Å². The third-order valence-corrected chi connectivity index (χ3v) is 2.01. The van der Waals surface area contributed by atoms with E-state index in [1.165, 1.54) is 0 Å². The van der Waals surface area contributed by atoms with Crippen molar-refractivity contribution in [3.63, 3.8) is 0 Å². The number of hydrogen-bond acceptors (Lipinski definition) is 2. The summed E-state index contributed by atoms with van der Waals surface area (Å²) >= 11 is 5.86. The van der Waals surface area contributed by atoms with Crippen molar-refractivity contribution in [1.29, 1.82) is 0 Å². The van der Waals surface area contributed by atoms with Crippen LogP contribution in [0.1, 0.15) is 0 Å². The lowest BCUT2D eigenvalue weighted by atomic mass is 10.3. The second kappa shape index (κ2) is 2.68. The first-order chi connectivity index (χ1) is 5.81. The maximum Gasteiger partial charge on any atom is 0.215 e. The zero-order chi connectivity index (χ0) is 8.55. The number of hydrogen-bond donors (Lipinski definition) is 1. The molecule has 12 heavy (non-hydrogen) atoms. The number of halogens is 1. The molecular weight excluding hydrogens is 176 g/mol. The van der Waals surface area contributed by atoms with Gasteiger partial charge in [-0.3, -0.25) is 0 Å². The van der Waals surface area contributed by atoms with Crippen molar-refractivity contribution in [2.75, 3.05) is 7.11 Å². The summed E-state index contributed by atoms with van der Waals surface area (Å²) in [7, 11) is 1.58. The molecule has 2 aromatic heterocycles. The van der Waals surface area contributed by atoms with Gasteiger partial charge in [-0.2, -0.15) is 0 Å². The Hall–Kier alpha value is -1.22. The first-order valence-electron chi connectivity index (χ1n) is 3.48. The van der Waals surface area contributed by atoms with Gasteiger partial charge in [0.1, 0.15) is 0 Å². The van der Waals surface area contributed by atoms with Crippen molar-refractivity contribution in [2.45, 2.75) is 0 Å². The SMILES string of the molecule is COc1cc2[nH]cc(Cl)c2cn1. The molecule has 0 spiro atoms. The molecule has 0 radical (unpaired) electrons. The van der Waals surface area contributed by atoms with Crippen LogP contribution in [0, 0.1) is 0 Å². The molecule has 2 rings (SSSR count). The van der Waals surface area contributed by atoms with Gasteiger partial charge < -0.3 is 9.72 Å². The fraction of sp³-hybridized carbons (Fsp3) is 0.125. The van der Waals surface area contributed by atoms with Gasteiger partial charge in [0.25, 0.3) is 0 Å². The maximum absolute atomic E-state index is 5.86. The number of H-pyrrole nitrogens is 1. The maximum atomic E-state index is 5.86. The van der Waals surface area contributed by atoms with Gasteiger partial charge in [0.05, 0.1) is 17.6 Å². The summed E-state index contributed by atoms with van der Waals surface area (Å²) in [6.45, 7) is 0. The zero-order valence-corrected chi connectivity index (χ0v) is 7.22. The molecule has 0 saturated carbocycles. The van der Waals surface area contributed by atoms with E-state index in [0.29, 0.717) is 10.9 Å². The third kappa shape index (κ3) is 1.02. The highest BCUT2D eigenvalue weighted by Gasteiger charge is 2.02. The van der Waals surface area contributed by atoms with Crippen molar-refractivity contribution >= 4 is 22.5 Å². The van der Waals surface area contributed by atoms with E-state index in [0.717, 1.165) is 10.9 Å². The van der Waals surface area contributed by atoms with Gasteiger partial charge in [0.2, 0.25) is 5.88 Å². The Morgan fingerprint density at radius 1 is 1.58 bits per heavy atom. The van der Waals surface area contributed by atoms with Crippen LogP contribution < -0.4 is 4.74 Å². The van der Waals surface area contributed by atoms with Crippen molar-refractivity contribution in [1.82, 2.24) is 9.97 Å². The molecule has 0 aliphatic heterocycles. The molecular formula is C8H7ClN2O. The van der Waals surface area contributed by atoms with Crippen molar-refractivity contribution in [2.24, 2.45) is 0 Å². The monoisotopic (exact) mass is 182 g/mol. The van der Waals surface area contributed by atoms with Crippen LogP contribution in [0.15, 0.2) is 18.5 Å². The fourth-order valence-corrected chi connectivity index (χ4v) is 1.28. The minimum atomic E-state index is 0.584. The van der Waals surface area contributed by atoms with Gasteiger partial charge >= 0.3 is 0 Å². The average molecular weight is 183 g/mol. The molecule has 0 aliphatic rings. The Bertz CT molecular complexity index is 410. The first-order valence-corrected chi connectivity index (χ1v) is 3.85. The van der Waals surface area contributed by atoms with E-state index < -0.39 is 0 Å². The summed E-state index contributed by atoms with van der Waals surface area (Å²) in [5.74, 6) is 0.584. The van der Waals surface area contributed by atoms with Crippen molar-refractivity contribution in [3.8, 4) is 5.88 Å². The Morgan fingerprint density at radius 2 is 2.42 bits per heavy atom. The second-order valence-electron chi connectivity index (χ2n) is 2.41. The predicted octanol–water partition coefficient (Wildman–Crippen LogP) is 2.22. The molecule has 2 heterocycles. The van der Waals surface area contributed by atoms with Crippen LogP contribution in [0.5, 0.6) is 5.88 Å². The molecule has 0 saturated heterocycles. The molecule has 3 nitrogen and oxygen atoms in total. The fourth-order valence-electron chi connectivity index (χ4n) is 1.08. The van der Waals surface area contributed by atoms with E-state index in [1.807, 2.05) is 0 Å². The van der Waals surface area contributed by atoms with Crippen LogP contribution in [-0.2, 0) is 0 Å². The molecule has 0 unspecified atom stereocenters. The number of nitrogens with zero attached hydrogens (tertiary/aromatic N) is 1. The highest BCUT2D eigenvalue weighted by Crippen LogP contribution is 2.23. The van der Waals surface area contributed by atoms with Crippen LogP contribution >= 0.6 is 11.6 Å². The Balaban J connectivity index is 2.69. The van der Waals surface area contributed by atoms with E-state index in [9.17, 15) is 0 Å². The molecule has 2 aromatic rings. The van der Waals surface area contributed by atoms with Gasteiger partial charge in [-0.25, -0.2) is 4.98 Å². The van der Waals surface area contributed by atoms with E-state index in [-0.39, 0.29) is 0 Å². The standard InChI is InChI=1S/C8H7ClN2O/c1-12-8-2-7-5(3-11-8)6(9)4-10-7/h2-4,10H,1H3. The lowest BCUT2D eigenvalue weighted by Crippen LogP contribution is -1.85. The number of rotatable bonds is 1. The largest absolute Gasteiger partial charge is 0.481 e. The minimum Gasteiger partial charge on any atom is -0.481 e. The highest BCUT2D eigenvalue weighted by molar-refractivity contribution is 6.35. The van der Waals surface area contributed by atoms with E-state index in [4.69, 9.17) is 16.3 Å². The molecule has 0 aliphatic carbocycles. The highest BCUT2D eigenvalue weighted by atomic mass is 35.5. The molecule has 0 fully saturated rings. The average Bonchev–Trinajstić information content (AvgIpc) is 2.47. The van der Waals surface area contributed by atoms with E-state index in [1.54, 1.807) is 25.6 Å². The van der Waals surface area contributed by atoms with Gasteiger partial charge in [-0.15, -0.1) is 0 Å². The molecule has 4 heteroatoms. The number of fused-ring (bicyclic) bond motifs is 1. The minimum absolute atomic E-state index is 0.584. The normalized spacial score (nSPS) is 10.5. The first kappa shape index (κ1) is 7.43. The van der Waals surface area contributed by atoms with Gasteiger partial charge in [0.15, 0.2) is 0 Å². The Labute approximate surface area is 74.3 Å². The molecule has 0 amide bonds. The van der Waals surface area contributed by atoms with Gasteiger partial charge in [-0.1, -0.05) is 11.6 Å². The summed E-state index contributed by atoms with van der Waals surface area (Å²) in [5, 5.41) is 1.60. The van der Waals surface area contributed by atoms with Crippen molar-refractivity contribution in [3.05, 3.63) is 23.5 Å². The Kier molecular flexibility index (Phi) is 1.66. The van der Waals surface area contributed by atoms with Gasteiger partial charge in [0, 0.05) is 23.8 Å². The van der Waals surface area contributed by atoms with Crippen LogP contribution in [-0.4, -0.2) is 17.1 Å². The number of nitrogens with one attached hydrogen (secondary N) is 1. The number of pyridine rings is 1. The van der Waals surface area contributed by atoms with Crippen LogP contribution in [0.25, 0.3) is 10.9 Å². The topological polar surface area (TPSA) is 37.9 Å². The zero-order valence-electron chi connectivity index (χ0n) is 6.47. The van der Waals surface area contributed by atoms with E-state index >= 15 is 0 Å². The second-order valence-corrected chi connectivity index (χ2v) is 2.82. The van der Waals surface area contributed by atoms with Crippen LogP contribution in [0.4, 0.5) is 0 Å².